The van der Waals surface area contributed by atoms with Crippen molar-refractivity contribution in [2.75, 3.05) is 34.2 Å². The van der Waals surface area contributed by atoms with Gasteiger partial charge < -0.3 is 16.0 Å². The standard InChI is InChI=1S/C10H26N3/c1-13(2,3)10(6-4-8-11)7-5-9-12/h10H,4-9,11-12H2,1-3H3/q+1. The molecule has 0 bridgehead atoms. The van der Waals surface area contributed by atoms with Crippen molar-refractivity contribution in [2.24, 2.45) is 11.5 Å². The molecule has 0 heterocycles. The molecule has 0 unspecified atom stereocenters. The average Bonchev–Trinajstić information content (AvgIpc) is 2.02. The van der Waals surface area contributed by atoms with Gasteiger partial charge in [0.05, 0.1) is 27.2 Å². The molecule has 0 aromatic heterocycles. The van der Waals surface area contributed by atoms with E-state index in [0.29, 0.717) is 6.04 Å². The van der Waals surface area contributed by atoms with Crippen molar-refractivity contribution in [1.29, 1.82) is 0 Å². The van der Waals surface area contributed by atoms with Gasteiger partial charge in [-0.25, -0.2) is 0 Å². The van der Waals surface area contributed by atoms with E-state index in [9.17, 15) is 0 Å². The van der Waals surface area contributed by atoms with Gasteiger partial charge in [-0.3, -0.25) is 0 Å². The zero-order valence-electron chi connectivity index (χ0n) is 9.42. The van der Waals surface area contributed by atoms with Gasteiger partial charge in [0, 0.05) is 12.8 Å². The lowest BCUT2D eigenvalue weighted by atomic mass is 10.0. The topological polar surface area (TPSA) is 52.0 Å². The first-order valence-corrected chi connectivity index (χ1v) is 5.23. The first kappa shape index (κ1) is 12.9. The Morgan fingerprint density at radius 3 is 1.54 bits per heavy atom. The first-order chi connectivity index (χ1) is 6.02. The van der Waals surface area contributed by atoms with Gasteiger partial charge in [-0.15, -0.1) is 0 Å². The minimum Gasteiger partial charge on any atom is -0.330 e. The molecule has 0 fully saturated rings. The van der Waals surface area contributed by atoms with Gasteiger partial charge in [0.25, 0.3) is 0 Å². The van der Waals surface area contributed by atoms with E-state index < -0.39 is 0 Å². The molecule has 0 aliphatic rings. The van der Waals surface area contributed by atoms with E-state index in [4.69, 9.17) is 11.5 Å². The fraction of sp³-hybridized carbons (Fsp3) is 1.00. The molecule has 0 atom stereocenters. The van der Waals surface area contributed by atoms with Crippen LogP contribution in [0.2, 0.25) is 0 Å². The van der Waals surface area contributed by atoms with Gasteiger partial charge in [0.2, 0.25) is 0 Å². The Morgan fingerprint density at radius 1 is 0.923 bits per heavy atom. The average molecular weight is 188 g/mol. The van der Waals surface area contributed by atoms with Crippen LogP contribution >= 0.6 is 0 Å². The molecule has 0 amide bonds. The van der Waals surface area contributed by atoms with Gasteiger partial charge in [0.1, 0.15) is 0 Å². The van der Waals surface area contributed by atoms with E-state index in [1.165, 1.54) is 12.8 Å². The van der Waals surface area contributed by atoms with E-state index in [1.807, 2.05) is 0 Å². The molecule has 0 aliphatic heterocycles. The summed E-state index contributed by atoms with van der Waals surface area (Å²) in [6, 6.07) is 0.715. The summed E-state index contributed by atoms with van der Waals surface area (Å²) in [4.78, 5) is 0. The Kier molecular flexibility index (Phi) is 6.29. The molecule has 80 valence electrons. The Hall–Kier alpha value is -0.120. The van der Waals surface area contributed by atoms with E-state index in [1.54, 1.807) is 0 Å². The Bertz CT molecular complexity index is 110. The normalized spacial score (nSPS) is 12.5. The highest BCUT2D eigenvalue weighted by molar-refractivity contribution is 4.59. The maximum atomic E-state index is 5.52. The van der Waals surface area contributed by atoms with Gasteiger partial charge in [-0.1, -0.05) is 0 Å². The second-order valence-corrected chi connectivity index (χ2v) is 4.63. The highest BCUT2D eigenvalue weighted by Gasteiger charge is 2.21. The second-order valence-electron chi connectivity index (χ2n) is 4.63. The van der Waals surface area contributed by atoms with Crippen LogP contribution in [-0.2, 0) is 0 Å². The van der Waals surface area contributed by atoms with Crippen LogP contribution in [0.1, 0.15) is 25.7 Å². The van der Waals surface area contributed by atoms with Crippen LogP contribution in [0.15, 0.2) is 0 Å². The predicted octanol–water partition coefficient (Wildman–Crippen LogP) is 0.539. The largest absolute Gasteiger partial charge is 0.330 e. The zero-order chi connectivity index (χ0) is 10.3. The minimum absolute atomic E-state index is 0.715. The van der Waals surface area contributed by atoms with Crippen molar-refractivity contribution in [1.82, 2.24) is 0 Å². The van der Waals surface area contributed by atoms with Crippen LogP contribution in [-0.4, -0.2) is 44.8 Å². The lowest BCUT2D eigenvalue weighted by Gasteiger charge is -2.34. The molecule has 4 N–H and O–H groups in total. The van der Waals surface area contributed by atoms with E-state index >= 15 is 0 Å². The molecular formula is C10H26N3+. The summed E-state index contributed by atoms with van der Waals surface area (Å²) in [7, 11) is 6.74. The summed E-state index contributed by atoms with van der Waals surface area (Å²) < 4.78 is 1.03. The van der Waals surface area contributed by atoms with Crippen molar-refractivity contribution in [3.8, 4) is 0 Å². The predicted molar refractivity (Wildman–Crippen MR) is 58.4 cm³/mol. The summed E-state index contributed by atoms with van der Waals surface area (Å²) in [6.45, 7) is 1.61. The van der Waals surface area contributed by atoms with Crippen LogP contribution in [0, 0.1) is 0 Å². The number of quaternary nitrogens is 1. The Labute approximate surface area is 82.7 Å². The molecule has 0 aliphatic carbocycles. The second kappa shape index (κ2) is 6.35. The molecule has 0 saturated heterocycles. The maximum Gasteiger partial charge on any atom is 0.0885 e. The van der Waals surface area contributed by atoms with Crippen LogP contribution in [0.3, 0.4) is 0 Å². The molecule has 13 heavy (non-hydrogen) atoms. The van der Waals surface area contributed by atoms with Crippen molar-refractivity contribution >= 4 is 0 Å². The molecule has 0 aromatic rings. The summed E-state index contributed by atoms with van der Waals surface area (Å²) >= 11 is 0. The van der Waals surface area contributed by atoms with Crippen molar-refractivity contribution in [3.05, 3.63) is 0 Å². The van der Waals surface area contributed by atoms with E-state index in [0.717, 1.165) is 30.4 Å². The number of hydrogen-bond donors (Lipinski definition) is 2. The maximum absolute atomic E-state index is 5.52. The fourth-order valence-electron chi connectivity index (χ4n) is 1.63. The third kappa shape index (κ3) is 6.02. The van der Waals surface area contributed by atoms with Gasteiger partial charge in [-0.05, 0) is 25.9 Å². The summed E-state index contributed by atoms with van der Waals surface area (Å²) in [5.74, 6) is 0. The molecule has 0 radical (unpaired) electrons. The van der Waals surface area contributed by atoms with Crippen molar-refractivity contribution < 1.29 is 4.48 Å². The van der Waals surface area contributed by atoms with Gasteiger partial charge >= 0.3 is 0 Å². The highest BCUT2D eigenvalue weighted by Crippen LogP contribution is 2.14. The van der Waals surface area contributed by atoms with Crippen LogP contribution in [0.4, 0.5) is 0 Å². The number of hydrogen-bond acceptors (Lipinski definition) is 2. The zero-order valence-corrected chi connectivity index (χ0v) is 9.42. The summed E-state index contributed by atoms with van der Waals surface area (Å²) in [5.41, 5.74) is 11.0. The monoisotopic (exact) mass is 188 g/mol. The first-order valence-electron chi connectivity index (χ1n) is 5.23. The highest BCUT2D eigenvalue weighted by atomic mass is 15.3. The van der Waals surface area contributed by atoms with Gasteiger partial charge in [-0.2, -0.15) is 0 Å². The molecule has 0 rings (SSSR count). The molecule has 0 saturated carbocycles. The van der Waals surface area contributed by atoms with Crippen molar-refractivity contribution in [3.63, 3.8) is 0 Å². The molecule has 3 nitrogen and oxygen atoms in total. The molecular weight excluding hydrogens is 162 g/mol. The molecule has 0 aromatic carbocycles. The van der Waals surface area contributed by atoms with E-state index in [-0.39, 0.29) is 0 Å². The van der Waals surface area contributed by atoms with Crippen molar-refractivity contribution in [2.45, 2.75) is 31.7 Å². The Balaban J connectivity index is 3.88. The summed E-state index contributed by atoms with van der Waals surface area (Å²) in [6.07, 6.45) is 4.70. The lowest BCUT2D eigenvalue weighted by Crippen LogP contribution is -2.45. The quantitative estimate of drug-likeness (QED) is 0.573. The molecule has 3 heteroatoms. The van der Waals surface area contributed by atoms with Gasteiger partial charge in [0.15, 0.2) is 0 Å². The minimum atomic E-state index is 0.715. The molecule has 0 spiro atoms. The smallest absolute Gasteiger partial charge is 0.0885 e. The SMILES string of the molecule is C[N+](C)(C)C(CCCN)CCCN. The third-order valence-electron chi connectivity index (χ3n) is 2.58. The van der Waals surface area contributed by atoms with E-state index in [2.05, 4.69) is 21.1 Å². The fourth-order valence-corrected chi connectivity index (χ4v) is 1.63. The third-order valence-corrected chi connectivity index (χ3v) is 2.58. The van der Waals surface area contributed by atoms with Crippen LogP contribution in [0.25, 0.3) is 0 Å². The number of rotatable bonds is 7. The lowest BCUT2D eigenvalue weighted by molar-refractivity contribution is -0.896. The van der Waals surface area contributed by atoms with Crippen LogP contribution in [0.5, 0.6) is 0 Å². The summed E-state index contributed by atoms with van der Waals surface area (Å²) in [5, 5.41) is 0. The van der Waals surface area contributed by atoms with Crippen LogP contribution < -0.4 is 11.5 Å². The Morgan fingerprint density at radius 2 is 1.31 bits per heavy atom. The number of nitrogens with zero attached hydrogens (tertiary/aromatic N) is 1. The number of nitrogens with two attached hydrogens (primary N) is 2.